The van der Waals surface area contributed by atoms with Crippen molar-refractivity contribution >= 4 is 12.2 Å². The van der Waals surface area contributed by atoms with Gasteiger partial charge in [-0.05, 0) is 43.1 Å². The lowest BCUT2D eigenvalue weighted by Gasteiger charge is -2.34. The summed E-state index contributed by atoms with van der Waals surface area (Å²) in [5.41, 5.74) is 5.78. The number of rotatable bonds is 10. The first-order chi connectivity index (χ1) is 10.2. The van der Waals surface area contributed by atoms with Crippen LogP contribution in [0, 0.1) is 17.3 Å². The summed E-state index contributed by atoms with van der Waals surface area (Å²) < 4.78 is 0. The highest BCUT2D eigenvalue weighted by Crippen LogP contribution is 2.37. The highest BCUT2D eigenvalue weighted by Gasteiger charge is 2.33. The first-order valence-corrected chi connectivity index (χ1v) is 7.90. The van der Waals surface area contributed by atoms with E-state index in [-0.39, 0.29) is 17.4 Å². The van der Waals surface area contributed by atoms with Crippen molar-refractivity contribution in [2.45, 2.75) is 52.0 Å². The Morgan fingerprint density at radius 3 is 2.36 bits per heavy atom. The Hall–Kier alpha value is -1.50. The number of amides is 2. The van der Waals surface area contributed by atoms with Gasteiger partial charge < -0.3 is 26.6 Å². The molecule has 2 amide bonds. The van der Waals surface area contributed by atoms with Crippen LogP contribution in [0.15, 0.2) is 0 Å². The second-order valence-electron chi connectivity index (χ2n) is 7.08. The molecule has 1 unspecified atom stereocenters. The van der Waals surface area contributed by atoms with Gasteiger partial charge in [0.1, 0.15) is 0 Å². The van der Waals surface area contributed by atoms with Gasteiger partial charge in [-0.15, -0.1) is 0 Å². The molecule has 0 heterocycles. The number of hydrogen-bond donors (Lipinski definition) is 5. The highest BCUT2D eigenvalue weighted by molar-refractivity contribution is 5.65. The van der Waals surface area contributed by atoms with Crippen molar-refractivity contribution in [2.75, 3.05) is 13.1 Å². The molecule has 2 atom stereocenters. The summed E-state index contributed by atoms with van der Waals surface area (Å²) in [5.74, 6) is 0.680. The standard InChI is InChI=1S/C15H29N3O4/c1-15(2,5-6-17-13(19)20)8-11(9-16)12(18-14(21)22)7-10-3-4-10/h10-12,17-18H,3-9,16H2,1-2H3,(H,19,20)(H,21,22)/t11?,12-/m1/s1. The molecule has 0 saturated heterocycles. The molecule has 1 aliphatic rings. The molecular weight excluding hydrogens is 286 g/mol. The Bertz CT molecular complexity index is 383. The Labute approximate surface area is 131 Å². The summed E-state index contributed by atoms with van der Waals surface area (Å²) in [4.78, 5) is 21.5. The van der Waals surface area contributed by atoms with Gasteiger partial charge in [-0.3, -0.25) is 0 Å². The van der Waals surface area contributed by atoms with Crippen molar-refractivity contribution < 1.29 is 19.8 Å². The predicted octanol–water partition coefficient (Wildman–Crippen LogP) is 2.07. The van der Waals surface area contributed by atoms with Gasteiger partial charge in [0, 0.05) is 12.6 Å². The quantitative estimate of drug-likeness (QED) is 0.422. The molecule has 1 rings (SSSR count). The fraction of sp³-hybridized carbons (Fsp3) is 0.867. The minimum absolute atomic E-state index is 0.0662. The molecule has 22 heavy (non-hydrogen) atoms. The van der Waals surface area contributed by atoms with Crippen LogP contribution in [0.5, 0.6) is 0 Å². The molecule has 7 nitrogen and oxygen atoms in total. The first kappa shape index (κ1) is 18.5. The molecule has 0 aromatic heterocycles. The van der Waals surface area contributed by atoms with Crippen LogP contribution in [-0.4, -0.2) is 41.5 Å². The Morgan fingerprint density at radius 2 is 1.91 bits per heavy atom. The molecule has 1 fully saturated rings. The molecule has 0 bridgehead atoms. The lowest BCUT2D eigenvalue weighted by Crippen LogP contribution is -2.44. The average molecular weight is 315 g/mol. The topological polar surface area (TPSA) is 125 Å². The van der Waals surface area contributed by atoms with Crippen molar-refractivity contribution in [3.8, 4) is 0 Å². The van der Waals surface area contributed by atoms with Crippen LogP contribution >= 0.6 is 0 Å². The molecule has 128 valence electrons. The SMILES string of the molecule is CC(C)(CCNC(=O)O)CC(CN)[C@@H](CC1CC1)NC(=O)O. The normalized spacial score (nSPS) is 17.6. The highest BCUT2D eigenvalue weighted by atomic mass is 16.4. The third-order valence-corrected chi connectivity index (χ3v) is 4.36. The van der Waals surface area contributed by atoms with E-state index in [0.717, 1.165) is 12.8 Å². The Balaban J connectivity index is 2.57. The monoisotopic (exact) mass is 315 g/mol. The summed E-state index contributed by atoms with van der Waals surface area (Å²) in [6.07, 6.45) is 2.61. The van der Waals surface area contributed by atoms with Crippen LogP contribution in [-0.2, 0) is 0 Å². The van der Waals surface area contributed by atoms with Gasteiger partial charge >= 0.3 is 12.2 Å². The van der Waals surface area contributed by atoms with Gasteiger partial charge in [0.25, 0.3) is 0 Å². The lowest BCUT2D eigenvalue weighted by atomic mass is 9.76. The van der Waals surface area contributed by atoms with Gasteiger partial charge in [-0.1, -0.05) is 26.7 Å². The minimum atomic E-state index is -1.02. The molecule has 1 saturated carbocycles. The van der Waals surface area contributed by atoms with E-state index in [4.69, 9.17) is 15.9 Å². The summed E-state index contributed by atoms with van der Waals surface area (Å²) in [6, 6.07) is -0.123. The Morgan fingerprint density at radius 1 is 1.27 bits per heavy atom. The zero-order valence-electron chi connectivity index (χ0n) is 13.5. The molecule has 1 aliphatic carbocycles. The molecule has 0 spiro atoms. The molecule has 6 N–H and O–H groups in total. The molecule has 0 radical (unpaired) electrons. The lowest BCUT2D eigenvalue weighted by molar-refractivity contribution is 0.165. The van der Waals surface area contributed by atoms with Crippen LogP contribution in [0.4, 0.5) is 9.59 Å². The number of hydrogen-bond acceptors (Lipinski definition) is 3. The summed E-state index contributed by atoms with van der Waals surface area (Å²) in [7, 11) is 0. The van der Waals surface area contributed by atoms with Gasteiger partial charge in [0.2, 0.25) is 0 Å². The van der Waals surface area contributed by atoms with Gasteiger partial charge in [-0.2, -0.15) is 0 Å². The molecular formula is C15H29N3O4. The van der Waals surface area contributed by atoms with Gasteiger partial charge in [-0.25, -0.2) is 9.59 Å². The average Bonchev–Trinajstić information content (AvgIpc) is 3.18. The van der Waals surface area contributed by atoms with E-state index in [1.165, 1.54) is 12.8 Å². The predicted molar refractivity (Wildman–Crippen MR) is 83.9 cm³/mol. The maximum atomic E-state index is 11.0. The number of nitrogens with two attached hydrogens (primary N) is 1. The van der Waals surface area contributed by atoms with E-state index >= 15 is 0 Å². The first-order valence-electron chi connectivity index (χ1n) is 7.90. The summed E-state index contributed by atoms with van der Waals surface area (Å²) >= 11 is 0. The minimum Gasteiger partial charge on any atom is -0.465 e. The van der Waals surface area contributed by atoms with E-state index in [1.807, 2.05) is 0 Å². The van der Waals surface area contributed by atoms with Crippen LogP contribution in [0.25, 0.3) is 0 Å². The second-order valence-corrected chi connectivity index (χ2v) is 7.08. The van der Waals surface area contributed by atoms with Crippen LogP contribution in [0.1, 0.15) is 46.0 Å². The maximum Gasteiger partial charge on any atom is 0.404 e. The summed E-state index contributed by atoms with van der Waals surface area (Å²) in [5, 5.41) is 22.7. The second kappa shape index (κ2) is 8.22. The smallest absolute Gasteiger partial charge is 0.404 e. The van der Waals surface area contributed by atoms with Crippen molar-refractivity contribution in [1.82, 2.24) is 10.6 Å². The van der Waals surface area contributed by atoms with E-state index in [1.54, 1.807) is 0 Å². The van der Waals surface area contributed by atoms with E-state index in [0.29, 0.717) is 25.4 Å². The Kier molecular flexibility index (Phi) is 6.93. The molecule has 0 aromatic rings. The molecule has 0 aliphatic heterocycles. The van der Waals surface area contributed by atoms with Crippen molar-refractivity contribution in [1.29, 1.82) is 0 Å². The number of nitrogens with one attached hydrogen (secondary N) is 2. The van der Waals surface area contributed by atoms with Gasteiger partial charge in [0.05, 0.1) is 0 Å². The van der Waals surface area contributed by atoms with Gasteiger partial charge in [0.15, 0.2) is 0 Å². The van der Waals surface area contributed by atoms with E-state index in [9.17, 15) is 9.59 Å². The van der Waals surface area contributed by atoms with E-state index < -0.39 is 12.2 Å². The van der Waals surface area contributed by atoms with Crippen LogP contribution in [0.3, 0.4) is 0 Å². The fourth-order valence-corrected chi connectivity index (χ4v) is 2.95. The fourth-order valence-electron chi connectivity index (χ4n) is 2.95. The third-order valence-electron chi connectivity index (χ3n) is 4.36. The zero-order chi connectivity index (χ0) is 16.8. The molecule has 7 heteroatoms. The van der Waals surface area contributed by atoms with E-state index in [2.05, 4.69) is 24.5 Å². The number of carbonyl (C=O) groups is 2. The van der Waals surface area contributed by atoms with Crippen LogP contribution < -0.4 is 16.4 Å². The van der Waals surface area contributed by atoms with Crippen LogP contribution in [0.2, 0.25) is 0 Å². The largest absolute Gasteiger partial charge is 0.465 e. The molecule has 0 aromatic carbocycles. The van der Waals surface area contributed by atoms with Crippen molar-refractivity contribution in [3.63, 3.8) is 0 Å². The van der Waals surface area contributed by atoms with Crippen molar-refractivity contribution in [3.05, 3.63) is 0 Å². The maximum absolute atomic E-state index is 11.0. The summed E-state index contributed by atoms with van der Waals surface area (Å²) in [6.45, 7) is 4.94. The third kappa shape index (κ3) is 7.49. The number of carboxylic acid groups (broad SMARTS) is 2. The van der Waals surface area contributed by atoms with Crippen molar-refractivity contribution in [2.24, 2.45) is 23.0 Å². The zero-order valence-corrected chi connectivity index (χ0v) is 13.5.